The van der Waals surface area contributed by atoms with Gasteiger partial charge < -0.3 is 5.32 Å². The molecule has 3 rings (SSSR count). The van der Waals surface area contributed by atoms with Crippen LogP contribution < -0.4 is 5.32 Å². The zero-order valence-corrected chi connectivity index (χ0v) is 12.2. The van der Waals surface area contributed by atoms with Gasteiger partial charge in [-0.25, -0.2) is 0 Å². The first-order valence-electron chi connectivity index (χ1n) is 7.46. The first-order valence-corrected chi connectivity index (χ1v) is 7.46. The summed E-state index contributed by atoms with van der Waals surface area (Å²) >= 11 is 0. The van der Waals surface area contributed by atoms with Crippen molar-refractivity contribution < 1.29 is 0 Å². The number of aryl methyl sites for hydroxylation is 2. The minimum Gasteiger partial charge on any atom is -0.314 e. The van der Waals surface area contributed by atoms with Crippen LogP contribution >= 0.6 is 0 Å². The molecule has 0 spiro atoms. The molecule has 0 aromatic heterocycles. The zero-order valence-electron chi connectivity index (χ0n) is 12.2. The number of benzene rings is 1. The van der Waals surface area contributed by atoms with Crippen molar-refractivity contribution in [2.75, 3.05) is 39.3 Å². The average molecular weight is 259 g/mol. The number of piperazine rings is 1. The fourth-order valence-electron chi connectivity index (χ4n) is 3.27. The second-order valence-corrected chi connectivity index (χ2v) is 6.00. The Morgan fingerprint density at radius 1 is 1.11 bits per heavy atom. The van der Waals surface area contributed by atoms with E-state index in [0.29, 0.717) is 0 Å². The van der Waals surface area contributed by atoms with E-state index in [-0.39, 0.29) is 0 Å². The zero-order chi connectivity index (χ0) is 13.2. The van der Waals surface area contributed by atoms with Gasteiger partial charge >= 0.3 is 0 Å². The van der Waals surface area contributed by atoms with Crippen molar-refractivity contribution in [3.8, 4) is 0 Å². The molecule has 2 fully saturated rings. The second kappa shape index (κ2) is 5.61. The number of likely N-dealkylation sites (tertiary alicyclic amines) is 1. The van der Waals surface area contributed by atoms with Gasteiger partial charge in [-0.1, -0.05) is 18.2 Å². The molecule has 1 aromatic rings. The van der Waals surface area contributed by atoms with Crippen molar-refractivity contribution in [2.45, 2.75) is 26.4 Å². The van der Waals surface area contributed by atoms with Crippen molar-refractivity contribution >= 4 is 0 Å². The molecule has 0 atom stereocenters. The number of hydrogen-bond acceptors (Lipinski definition) is 3. The Morgan fingerprint density at radius 3 is 2.37 bits per heavy atom. The Balaban J connectivity index is 1.53. The molecule has 19 heavy (non-hydrogen) atoms. The quantitative estimate of drug-likeness (QED) is 0.885. The third-order valence-electron chi connectivity index (χ3n) is 4.63. The summed E-state index contributed by atoms with van der Waals surface area (Å²) in [6.07, 6.45) is 0. The highest BCUT2D eigenvalue weighted by atomic mass is 15.3. The summed E-state index contributed by atoms with van der Waals surface area (Å²) in [4.78, 5) is 5.24. The van der Waals surface area contributed by atoms with Gasteiger partial charge in [0.1, 0.15) is 0 Å². The molecule has 0 unspecified atom stereocenters. The lowest BCUT2D eigenvalue weighted by atomic mass is 9.99. The van der Waals surface area contributed by atoms with E-state index in [2.05, 4.69) is 47.2 Å². The summed E-state index contributed by atoms with van der Waals surface area (Å²) in [5.74, 6) is 0. The Morgan fingerprint density at radius 2 is 1.74 bits per heavy atom. The van der Waals surface area contributed by atoms with E-state index in [9.17, 15) is 0 Å². The topological polar surface area (TPSA) is 18.5 Å². The summed E-state index contributed by atoms with van der Waals surface area (Å²) in [5, 5.41) is 3.43. The molecule has 0 aliphatic carbocycles. The highest BCUT2D eigenvalue weighted by molar-refractivity contribution is 5.33. The normalized spacial score (nSPS) is 22.4. The van der Waals surface area contributed by atoms with Crippen LogP contribution in [0.3, 0.4) is 0 Å². The van der Waals surface area contributed by atoms with Crippen LogP contribution in [0.25, 0.3) is 0 Å². The van der Waals surface area contributed by atoms with Gasteiger partial charge in [-0.3, -0.25) is 9.80 Å². The molecule has 2 saturated heterocycles. The predicted octanol–water partition coefficient (Wildman–Crippen LogP) is 1.39. The van der Waals surface area contributed by atoms with E-state index in [1.54, 1.807) is 0 Å². The monoisotopic (exact) mass is 259 g/mol. The van der Waals surface area contributed by atoms with Crippen molar-refractivity contribution in [1.82, 2.24) is 15.1 Å². The van der Waals surface area contributed by atoms with Crippen LogP contribution in [0.4, 0.5) is 0 Å². The van der Waals surface area contributed by atoms with Crippen LogP contribution in [0, 0.1) is 13.8 Å². The molecular weight excluding hydrogens is 234 g/mol. The largest absolute Gasteiger partial charge is 0.314 e. The fraction of sp³-hybridized carbons (Fsp3) is 0.625. The van der Waals surface area contributed by atoms with Crippen LogP contribution in [0.2, 0.25) is 0 Å². The van der Waals surface area contributed by atoms with Crippen LogP contribution in [0.1, 0.15) is 16.7 Å². The van der Waals surface area contributed by atoms with Crippen molar-refractivity contribution in [1.29, 1.82) is 0 Å². The number of hydrogen-bond donors (Lipinski definition) is 1. The maximum absolute atomic E-state index is 3.43. The minimum atomic E-state index is 0.798. The second-order valence-electron chi connectivity index (χ2n) is 6.00. The lowest BCUT2D eigenvalue weighted by Crippen LogP contribution is -2.62. The van der Waals surface area contributed by atoms with Crippen molar-refractivity contribution in [3.05, 3.63) is 34.9 Å². The van der Waals surface area contributed by atoms with Crippen LogP contribution in [-0.2, 0) is 6.54 Å². The van der Waals surface area contributed by atoms with Crippen molar-refractivity contribution in [3.63, 3.8) is 0 Å². The molecule has 1 N–H and O–H groups in total. The van der Waals surface area contributed by atoms with Gasteiger partial charge in [-0.05, 0) is 30.5 Å². The van der Waals surface area contributed by atoms with Gasteiger partial charge in [0.15, 0.2) is 0 Å². The van der Waals surface area contributed by atoms with Crippen LogP contribution in [0.15, 0.2) is 18.2 Å². The van der Waals surface area contributed by atoms with Gasteiger partial charge in [-0.2, -0.15) is 0 Å². The van der Waals surface area contributed by atoms with Gasteiger partial charge in [0.25, 0.3) is 0 Å². The van der Waals surface area contributed by atoms with Crippen molar-refractivity contribution in [2.24, 2.45) is 0 Å². The SMILES string of the molecule is Cc1cccc(C)c1CN1CC(N2CCNCC2)C1. The van der Waals surface area contributed by atoms with E-state index in [4.69, 9.17) is 0 Å². The predicted molar refractivity (Wildman–Crippen MR) is 79.4 cm³/mol. The smallest absolute Gasteiger partial charge is 0.0351 e. The molecule has 2 aliphatic rings. The first-order chi connectivity index (χ1) is 9.24. The molecule has 0 amide bonds. The molecule has 104 valence electrons. The molecular formula is C16H25N3. The van der Waals surface area contributed by atoms with E-state index < -0.39 is 0 Å². The maximum Gasteiger partial charge on any atom is 0.0351 e. The molecule has 2 heterocycles. The Labute approximate surface area is 116 Å². The van der Waals surface area contributed by atoms with Gasteiger partial charge in [0, 0.05) is 51.9 Å². The Bertz CT molecular complexity index is 411. The third-order valence-corrected chi connectivity index (χ3v) is 4.63. The maximum atomic E-state index is 3.43. The minimum absolute atomic E-state index is 0.798. The summed E-state index contributed by atoms with van der Waals surface area (Å²) in [7, 11) is 0. The fourth-order valence-corrected chi connectivity index (χ4v) is 3.27. The Hall–Kier alpha value is -0.900. The van der Waals surface area contributed by atoms with Gasteiger partial charge in [-0.15, -0.1) is 0 Å². The standard InChI is InChI=1S/C16H25N3/c1-13-4-3-5-14(2)16(13)12-18-10-15(11-18)19-8-6-17-7-9-19/h3-5,15,17H,6-12H2,1-2H3. The lowest BCUT2D eigenvalue weighted by Gasteiger charge is -2.47. The highest BCUT2D eigenvalue weighted by Gasteiger charge is 2.32. The summed E-state index contributed by atoms with van der Waals surface area (Å²) < 4.78 is 0. The molecule has 0 bridgehead atoms. The van der Waals surface area contributed by atoms with Crippen LogP contribution in [-0.4, -0.2) is 55.1 Å². The molecule has 3 heteroatoms. The van der Waals surface area contributed by atoms with Gasteiger partial charge in [0.05, 0.1) is 0 Å². The molecule has 0 radical (unpaired) electrons. The number of rotatable bonds is 3. The van der Waals surface area contributed by atoms with E-state index in [1.165, 1.54) is 42.9 Å². The van der Waals surface area contributed by atoms with Gasteiger partial charge in [0.2, 0.25) is 0 Å². The average Bonchev–Trinajstić information content (AvgIpc) is 2.37. The summed E-state index contributed by atoms with van der Waals surface area (Å²) in [6.45, 7) is 12.8. The first kappa shape index (κ1) is 13.1. The lowest BCUT2D eigenvalue weighted by molar-refractivity contribution is 0.0221. The number of nitrogens with one attached hydrogen (secondary N) is 1. The summed E-state index contributed by atoms with van der Waals surface area (Å²) in [6, 6.07) is 7.42. The Kier molecular flexibility index (Phi) is 3.87. The van der Waals surface area contributed by atoms with E-state index in [1.807, 2.05) is 0 Å². The van der Waals surface area contributed by atoms with Crippen LogP contribution in [0.5, 0.6) is 0 Å². The number of nitrogens with zero attached hydrogens (tertiary/aromatic N) is 2. The summed E-state index contributed by atoms with van der Waals surface area (Å²) in [5.41, 5.74) is 4.40. The molecule has 1 aromatic carbocycles. The molecule has 0 saturated carbocycles. The van der Waals surface area contributed by atoms with E-state index >= 15 is 0 Å². The molecule has 2 aliphatic heterocycles. The van der Waals surface area contributed by atoms with E-state index in [0.717, 1.165) is 25.7 Å². The third kappa shape index (κ3) is 2.83. The highest BCUT2D eigenvalue weighted by Crippen LogP contribution is 2.21. The molecule has 3 nitrogen and oxygen atoms in total.